The Kier molecular flexibility index (Phi) is 4.59. The maximum absolute atomic E-state index is 12.9. The SMILES string of the molecule is Fc1cccc(NCCOc2ccccc2Br)c1. The van der Waals surface area contributed by atoms with Gasteiger partial charge in [0.15, 0.2) is 0 Å². The number of ether oxygens (including phenoxy) is 1. The summed E-state index contributed by atoms with van der Waals surface area (Å²) in [5.74, 6) is 0.560. The van der Waals surface area contributed by atoms with Crippen molar-refractivity contribution in [2.75, 3.05) is 18.5 Å². The molecule has 2 nitrogen and oxygen atoms in total. The van der Waals surface area contributed by atoms with Crippen molar-refractivity contribution in [1.82, 2.24) is 0 Å². The number of rotatable bonds is 5. The second-order valence-corrected chi connectivity index (χ2v) is 4.57. The Labute approximate surface area is 114 Å². The molecule has 4 heteroatoms. The predicted octanol–water partition coefficient (Wildman–Crippen LogP) is 4.08. The summed E-state index contributed by atoms with van der Waals surface area (Å²) in [4.78, 5) is 0. The van der Waals surface area contributed by atoms with Gasteiger partial charge in [0.05, 0.1) is 4.47 Å². The van der Waals surface area contributed by atoms with E-state index < -0.39 is 0 Å². The molecule has 0 unspecified atom stereocenters. The monoisotopic (exact) mass is 309 g/mol. The molecule has 0 amide bonds. The van der Waals surface area contributed by atoms with Crippen LogP contribution >= 0.6 is 15.9 Å². The van der Waals surface area contributed by atoms with E-state index in [1.54, 1.807) is 6.07 Å². The average molecular weight is 310 g/mol. The van der Waals surface area contributed by atoms with Gasteiger partial charge in [-0.2, -0.15) is 0 Å². The van der Waals surface area contributed by atoms with Gasteiger partial charge in [0, 0.05) is 12.2 Å². The second-order valence-electron chi connectivity index (χ2n) is 3.72. The number of halogens is 2. The summed E-state index contributed by atoms with van der Waals surface area (Å²) >= 11 is 3.41. The summed E-state index contributed by atoms with van der Waals surface area (Å²) in [6, 6.07) is 14.0. The molecular formula is C14H13BrFNO. The highest BCUT2D eigenvalue weighted by Crippen LogP contribution is 2.23. The van der Waals surface area contributed by atoms with E-state index >= 15 is 0 Å². The third-order valence-electron chi connectivity index (χ3n) is 2.35. The van der Waals surface area contributed by atoms with Gasteiger partial charge in [-0.05, 0) is 46.3 Å². The van der Waals surface area contributed by atoms with Crippen LogP contribution < -0.4 is 10.1 Å². The quantitative estimate of drug-likeness (QED) is 0.840. The first kappa shape index (κ1) is 12.9. The summed E-state index contributed by atoms with van der Waals surface area (Å²) in [5.41, 5.74) is 0.755. The zero-order valence-electron chi connectivity index (χ0n) is 9.70. The van der Waals surface area contributed by atoms with Crippen LogP contribution in [-0.2, 0) is 0 Å². The van der Waals surface area contributed by atoms with Crippen LogP contribution in [0.5, 0.6) is 5.75 Å². The molecule has 94 valence electrons. The lowest BCUT2D eigenvalue weighted by atomic mass is 10.3. The van der Waals surface area contributed by atoms with Crippen LogP contribution in [0.3, 0.4) is 0 Å². The molecule has 0 saturated heterocycles. The van der Waals surface area contributed by atoms with Crippen LogP contribution in [0.25, 0.3) is 0 Å². The summed E-state index contributed by atoms with van der Waals surface area (Å²) in [5, 5.41) is 3.09. The first-order chi connectivity index (χ1) is 8.75. The Morgan fingerprint density at radius 3 is 2.72 bits per heavy atom. The fourth-order valence-corrected chi connectivity index (χ4v) is 1.92. The third-order valence-corrected chi connectivity index (χ3v) is 3.01. The van der Waals surface area contributed by atoms with Crippen molar-refractivity contribution in [3.8, 4) is 5.75 Å². The zero-order valence-corrected chi connectivity index (χ0v) is 11.3. The standard InChI is InChI=1S/C14H13BrFNO/c15-13-6-1-2-7-14(13)18-9-8-17-12-5-3-4-11(16)10-12/h1-7,10,17H,8-9H2. The van der Waals surface area contributed by atoms with Crippen LogP contribution in [0, 0.1) is 5.82 Å². The molecule has 0 aliphatic carbocycles. The lowest BCUT2D eigenvalue weighted by molar-refractivity contribution is 0.331. The first-order valence-corrected chi connectivity index (χ1v) is 6.42. The van der Waals surface area contributed by atoms with Gasteiger partial charge in [0.1, 0.15) is 18.2 Å². The largest absolute Gasteiger partial charge is 0.491 e. The minimum atomic E-state index is -0.244. The molecule has 0 atom stereocenters. The number of para-hydroxylation sites is 1. The Hall–Kier alpha value is -1.55. The Morgan fingerprint density at radius 2 is 1.94 bits per heavy atom. The van der Waals surface area contributed by atoms with Gasteiger partial charge in [-0.1, -0.05) is 18.2 Å². The molecule has 0 aliphatic heterocycles. The molecule has 2 rings (SSSR count). The smallest absolute Gasteiger partial charge is 0.133 e. The van der Waals surface area contributed by atoms with Crippen molar-refractivity contribution in [2.45, 2.75) is 0 Å². The van der Waals surface area contributed by atoms with Gasteiger partial charge in [0.2, 0.25) is 0 Å². The molecule has 2 aromatic carbocycles. The molecule has 18 heavy (non-hydrogen) atoms. The minimum absolute atomic E-state index is 0.244. The number of nitrogens with one attached hydrogen (secondary N) is 1. The summed E-state index contributed by atoms with van der Waals surface area (Å²) in [7, 11) is 0. The van der Waals surface area contributed by atoms with Crippen molar-refractivity contribution in [3.05, 3.63) is 58.8 Å². The Balaban J connectivity index is 1.78. The molecule has 0 saturated carbocycles. The molecule has 0 bridgehead atoms. The zero-order chi connectivity index (χ0) is 12.8. The molecular weight excluding hydrogens is 297 g/mol. The van der Waals surface area contributed by atoms with Gasteiger partial charge in [-0.25, -0.2) is 4.39 Å². The normalized spacial score (nSPS) is 10.1. The third kappa shape index (κ3) is 3.74. The van der Waals surface area contributed by atoms with Gasteiger partial charge in [0.25, 0.3) is 0 Å². The highest BCUT2D eigenvalue weighted by Gasteiger charge is 1.99. The number of anilines is 1. The lowest BCUT2D eigenvalue weighted by Gasteiger charge is -2.09. The molecule has 0 spiro atoms. The summed E-state index contributed by atoms with van der Waals surface area (Å²) in [6.07, 6.45) is 0. The summed E-state index contributed by atoms with van der Waals surface area (Å²) in [6.45, 7) is 1.13. The molecule has 0 aromatic heterocycles. The van der Waals surface area contributed by atoms with Gasteiger partial charge in [-0.15, -0.1) is 0 Å². The number of hydrogen-bond donors (Lipinski definition) is 1. The Bertz CT molecular complexity index is 519. The molecule has 1 N–H and O–H groups in total. The minimum Gasteiger partial charge on any atom is -0.491 e. The van der Waals surface area contributed by atoms with E-state index in [9.17, 15) is 4.39 Å². The van der Waals surface area contributed by atoms with Crippen LogP contribution in [0.15, 0.2) is 53.0 Å². The molecule has 0 fully saturated rings. The van der Waals surface area contributed by atoms with E-state index in [0.717, 1.165) is 15.9 Å². The van der Waals surface area contributed by atoms with E-state index in [4.69, 9.17) is 4.74 Å². The fraction of sp³-hybridized carbons (Fsp3) is 0.143. The van der Waals surface area contributed by atoms with Crippen molar-refractivity contribution >= 4 is 21.6 Å². The lowest BCUT2D eigenvalue weighted by Crippen LogP contribution is -2.11. The fourth-order valence-electron chi connectivity index (χ4n) is 1.52. The van der Waals surface area contributed by atoms with Crippen LogP contribution in [0.4, 0.5) is 10.1 Å². The van der Waals surface area contributed by atoms with Crippen molar-refractivity contribution in [1.29, 1.82) is 0 Å². The molecule has 0 radical (unpaired) electrons. The van der Waals surface area contributed by atoms with Crippen molar-refractivity contribution in [3.63, 3.8) is 0 Å². The maximum atomic E-state index is 12.9. The number of benzene rings is 2. The van der Waals surface area contributed by atoms with Crippen LogP contribution in [0.1, 0.15) is 0 Å². The van der Waals surface area contributed by atoms with E-state index in [2.05, 4.69) is 21.2 Å². The maximum Gasteiger partial charge on any atom is 0.133 e. The predicted molar refractivity (Wildman–Crippen MR) is 74.5 cm³/mol. The molecule has 0 aliphatic rings. The van der Waals surface area contributed by atoms with Gasteiger partial charge >= 0.3 is 0 Å². The van der Waals surface area contributed by atoms with E-state index in [1.807, 2.05) is 30.3 Å². The van der Waals surface area contributed by atoms with Crippen molar-refractivity contribution in [2.24, 2.45) is 0 Å². The average Bonchev–Trinajstić information content (AvgIpc) is 2.37. The molecule has 0 heterocycles. The molecule has 2 aromatic rings. The van der Waals surface area contributed by atoms with Gasteiger partial charge in [-0.3, -0.25) is 0 Å². The number of hydrogen-bond acceptors (Lipinski definition) is 2. The Morgan fingerprint density at radius 1 is 1.11 bits per heavy atom. The first-order valence-electron chi connectivity index (χ1n) is 5.62. The van der Waals surface area contributed by atoms with E-state index in [0.29, 0.717) is 13.2 Å². The highest BCUT2D eigenvalue weighted by atomic mass is 79.9. The van der Waals surface area contributed by atoms with E-state index in [-0.39, 0.29) is 5.82 Å². The topological polar surface area (TPSA) is 21.3 Å². The van der Waals surface area contributed by atoms with E-state index in [1.165, 1.54) is 12.1 Å². The van der Waals surface area contributed by atoms with Crippen molar-refractivity contribution < 1.29 is 9.13 Å². The highest BCUT2D eigenvalue weighted by molar-refractivity contribution is 9.10. The van der Waals surface area contributed by atoms with Crippen LogP contribution in [-0.4, -0.2) is 13.2 Å². The van der Waals surface area contributed by atoms with Gasteiger partial charge < -0.3 is 10.1 Å². The summed E-state index contributed by atoms with van der Waals surface area (Å²) < 4.78 is 19.4. The van der Waals surface area contributed by atoms with Crippen LogP contribution in [0.2, 0.25) is 0 Å². The second kappa shape index (κ2) is 6.40.